The zero-order valence-electron chi connectivity index (χ0n) is 15.6. The van der Waals surface area contributed by atoms with E-state index < -0.39 is 0 Å². The molecule has 134 valence electrons. The molecule has 1 unspecified atom stereocenters. The lowest BCUT2D eigenvalue weighted by molar-refractivity contribution is 0.0240. The standard InChI is InChI=1S/C17H32N4O.HI/c1-8-18-16(19-12-15(22-7)17(2,3)4)21(6)13-14-10-9-11-20(14)5;/h9-11,15H,8,12-13H2,1-7H3,(H,18,19);1H. The van der Waals surface area contributed by atoms with Crippen molar-refractivity contribution in [3.05, 3.63) is 24.0 Å². The lowest BCUT2D eigenvalue weighted by Crippen LogP contribution is -2.40. The second-order valence-corrected chi connectivity index (χ2v) is 6.75. The molecule has 0 saturated heterocycles. The molecule has 1 aromatic heterocycles. The van der Waals surface area contributed by atoms with Crippen LogP contribution in [-0.2, 0) is 18.3 Å². The Morgan fingerprint density at radius 2 is 2.09 bits per heavy atom. The minimum Gasteiger partial charge on any atom is -0.379 e. The van der Waals surface area contributed by atoms with Crippen LogP contribution < -0.4 is 5.32 Å². The number of nitrogens with one attached hydrogen (secondary N) is 1. The molecule has 1 heterocycles. The average molecular weight is 436 g/mol. The van der Waals surface area contributed by atoms with Gasteiger partial charge in [0.05, 0.1) is 19.2 Å². The summed E-state index contributed by atoms with van der Waals surface area (Å²) in [5.41, 5.74) is 1.33. The van der Waals surface area contributed by atoms with Crippen molar-refractivity contribution in [1.29, 1.82) is 0 Å². The SMILES string of the molecule is CCNC(=NCC(OC)C(C)(C)C)N(C)Cc1cccn1C.I. The van der Waals surface area contributed by atoms with E-state index in [1.165, 1.54) is 5.69 Å². The topological polar surface area (TPSA) is 41.8 Å². The van der Waals surface area contributed by atoms with Gasteiger partial charge in [0, 0.05) is 39.6 Å². The van der Waals surface area contributed by atoms with E-state index in [0.29, 0.717) is 6.54 Å². The largest absolute Gasteiger partial charge is 0.379 e. The van der Waals surface area contributed by atoms with Crippen molar-refractivity contribution in [2.45, 2.75) is 40.3 Å². The molecule has 0 saturated carbocycles. The van der Waals surface area contributed by atoms with Gasteiger partial charge in [-0.05, 0) is 24.5 Å². The van der Waals surface area contributed by atoms with Crippen LogP contribution >= 0.6 is 24.0 Å². The second kappa shape index (κ2) is 10.2. The van der Waals surface area contributed by atoms with Gasteiger partial charge >= 0.3 is 0 Å². The summed E-state index contributed by atoms with van der Waals surface area (Å²) in [6, 6.07) is 4.20. The molecule has 0 fully saturated rings. The number of aliphatic imine (C=N–C) groups is 1. The van der Waals surface area contributed by atoms with Gasteiger partial charge in [-0.25, -0.2) is 0 Å². The summed E-state index contributed by atoms with van der Waals surface area (Å²) in [6.45, 7) is 10.9. The van der Waals surface area contributed by atoms with E-state index >= 15 is 0 Å². The molecule has 0 aliphatic rings. The molecular weight excluding hydrogens is 403 g/mol. The van der Waals surface area contributed by atoms with E-state index in [-0.39, 0.29) is 35.5 Å². The average Bonchev–Trinajstić information content (AvgIpc) is 2.82. The zero-order valence-corrected chi connectivity index (χ0v) is 17.9. The van der Waals surface area contributed by atoms with Crippen molar-refractivity contribution in [2.75, 3.05) is 27.2 Å². The van der Waals surface area contributed by atoms with Crippen LogP contribution in [0.3, 0.4) is 0 Å². The van der Waals surface area contributed by atoms with Crippen LogP contribution in [0.15, 0.2) is 23.3 Å². The number of aromatic nitrogens is 1. The molecule has 1 aromatic rings. The molecule has 0 aliphatic carbocycles. The van der Waals surface area contributed by atoms with Gasteiger partial charge in [-0.1, -0.05) is 20.8 Å². The quantitative estimate of drug-likeness (QED) is 0.424. The third-order valence-electron chi connectivity index (χ3n) is 3.80. The van der Waals surface area contributed by atoms with E-state index in [1.54, 1.807) is 7.11 Å². The molecule has 0 aliphatic heterocycles. The number of guanidine groups is 1. The van der Waals surface area contributed by atoms with E-state index in [1.807, 2.05) is 0 Å². The van der Waals surface area contributed by atoms with Crippen LogP contribution in [0.4, 0.5) is 0 Å². The van der Waals surface area contributed by atoms with Gasteiger partial charge in [-0.3, -0.25) is 4.99 Å². The highest BCUT2D eigenvalue weighted by molar-refractivity contribution is 14.0. The Labute approximate surface area is 158 Å². The summed E-state index contributed by atoms with van der Waals surface area (Å²) < 4.78 is 7.72. The highest BCUT2D eigenvalue weighted by Gasteiger charge is 2.24. The van der Waals surface area contributed by atoms with Crippen molar-refractivity contribution >= 4 is 29.9 Å². The maximum Gasteiger partial charge on any atom is 0.194 e. The maximum atomic E-state index is 5.59. The number of rotatable bonds is 6. The third-order valence-corrected chi connectivity index (χ3v) is 3.80. The number of methoxy groups -OCH3 is 1. The summed E-state index contributed by atoms with van der Waals surface area (Å²) >= 11 is 0. The monoisotopic (exact) mass is 436 g/mol. The molecule has 0 radical (unpaired) electrons. The van der Waals surface area contributed by atoms with Crippen LogP contribution in [-0.4, -0.2) is 48.8 Å². The molecule has 0 bridgehead atoms. The van der Waals surface area contributed by atoms with Crippen LogP contribution in [0, 0.1) is 5.41 Å². The highest BCUT2D eigenvalue weighted by atomic mass is 127. The Balaban J connectivity index is 0.00000484. The van der Waals surface area contributed by atoms with Gasteiger partial charge in [0.2, 0.25) is 0 Å². The first-order chi connectivity index (χ1) is 10.3. The van der Waals surface area contributed by atoms with E-state index in [4.69, 9.17) is 9.73 Å². The predicted octanol–water partition coefficient (Wildman–Crippen LogP) is 3.10. The first kappa shape index (κ1) is 22.2. The summed E-state index contributed by atoms with van der Waals surface area (Å²) in [7, 11) is 5.88. The molecule has 0 amide bonds. The van der Waals surface area contributed by atoms with E-state index in [0.717, 1.165) is 19.0 Å². The van der Waals surface area contributed by atoms with Crippen molar-refractivity contribution in [1.82, 2.24) is 14.8 Å². The van der Waals surface area contributed by atoms with Gasteiger partial charge in [0.15, 0.2) is 5.96 Å². The van der Waals surface area contributed by atoms with E-state index in [2.05, 4.69) is 74.9 Å². The van der Waals surface area contributed by atoms with Crippen LogP contribution in [0.5, 0.6) is 0 Å². The molecule has 1 rings (SSSR count). The van der Waals surface area contributed by atoms with Crippen molar-refractivity contribution in [3.63, 3.8) is 0 Å². The molecule has 23 heavy (non-hydrogen) atoms. The smallest absolute Gasteiger partial charge is 0.194 e. The maximum absolute atomic E-state index is 5.59. The minimum atomic E-state index is 0. The first-order valence-corrected chi connectivity index (χ1v) is 7.92. The Hall–Kier alpha value is -0.760. The van der Waals surface area contributed by atoms with Gasteiger partial charge in [-0.15, -0.1) is 24.0 Å². The Bertz CT molecular complexity index is 479. The van der Waals surface area contributed by atoms with Crippen molar-refractivity contribution < 1.29 is 4.74 Å². The van der Waals surface area contributed by atoms with Crippen molar-refractivity contribution in [2.24, 2.45) is 17.5 Å². The Morgan fingerprint density at radius 3 is 2.52 bits per heavy atom. The molecule has 6 heteroatoms. The van der Waals surface area contributed by atoms with Gasteiger partial charge in [0.25, 0.3) is 0 Å². The molecule has 0 spiro atoms. The fourth-order valence-electron chi connectivity index (χ4n) is 2.32. The third kappa shape index (κ3) is 7.12. The van der Waals surface area contributed by atoms with Crippen LogP contribution in [0.1, 0.15) is 33.4 Å². The fraction of sp³-hybridized carbons (Fsp3) is 0.706. The summed E-state index contributed by atoms with van der Waals surface area (Å²) in [6.07, 6.45) is 2.16. The number of halogens is 1. The number of aryl methyl sites for hydroxylation is 1. The van der Waals surface area contributed by atoms with Gasteiger partial charge < -0.3 is 19.5 Å². The summed E-state index contributed by atoms with van der Waals surface area (Å²) in [4.78, 5) is 6.91. The van der Waals surface area contributed by atoms with Crippen LogP contribution in [0.2, 0.25) is 0 Å². The first-order valence-electron chi connectivity index (χ1n) is 7.92. The lowest BCUT2D eigenvalue weighted by Gasteiger charge is -2.29. The zero-order chi connectivity index (χ0) is 16.8. The normalized spacial score (nSPS) is 13.4. The fourth-order valence-corrected chi connectivity index (χ4v) is 2.32. The molecule has 1 N–H and O–H groups in total. The number of ether oxygens (including phenoxy) is 1. The van der Waals surface area contributed by atoms with Gasteiger partial charge in [-0.2, -0.15) is 0 Å². The van der Waals surface area contributed by atoms with Crippen LogP contribution in [0.25, 0.3) is 0 Å². The van der Waals surface area contributed by atoms with Crippen molar-refractivity contribution in [3.8, 4) is 0 Å². The predicted molar refractivity (Wildman–Crippen MR) is 109 cm³/mol. The number of hydrogen-bond donors (Lipinski definition) is 1. The number of hydrogen-bond acceptors (Lipinski definition) is 2. The lowest BCUT2D eigenvalue weighted by atomic mass is 9.89. The molecule has 0 aromatic carbocycles. The summed E-state index contributed by atoms with van der Waals surface area (Å²) in [5.74, 6) is 0.912. The molecule has 1 atom stereocenters. The molecule has 5 nitrogen and oxygen atoms in total. The van der Waals surface area contributed by atoms with E-state index in [9.17, 15) is 0 Å². The number of nitrogens with zero attached hydrogens (tertiary/aromatic N) is 3. The minimum absolute atomic E-state index is 0. The Kier molecular flexibility index (Phi) is 9.84. The Morgan fingerprint density at radius 1 is 1.43 bits per heavy atom. The second-order valence-electron chi connectivity index (χ2n) is 6.75. The highest BCUT2D eigenvalue weighted by Crippen LogP contribution is 2.21. The summed E-state index contributed by atoms with van der Waals surface area (Å²) in [5, 5.41) is 3.36. The molecular formula is C17H33IN4O. The van der Waals surface area contributed by atoms with Gasteiger partial charge in [0.1, 0.15) is 0 Å².